The summed E-state index contributed by atoms with van der Waals surface area (Å²) in [5, 5.41) is 0. The Kier molecular flexibility index (Phi) is 7.42. The summed E-state index contributed by atoms with van der Waals surface area (Å²) in [5.41, 5.74) is -2.65. The highest BCUT2D eigenvalue weighted by Gasteiger charge is 2.53. The van der Waals surface area contributed by atoms with Gasteiger partial charge in [-0.3, -0.25) is 14.4 Å². The van der Waals surface area contributed by atoms with Gasteiger partial charge in [-0.15, -0.1) is 0 Å². The molecule has 0 fully saturated rings. The van der Waals surface area contributed by atoms with Crippen LogP contribution in [0.4, 0.5) is 26.3 Å². The summed E-state index contributed by atoms with van der Waals surface area (Å²) in [6.45, 7) is 3.05. The molecular formula is C17H15F6NO7. The molecule has 0 spiro atoms. The molecule has 0 aliphatic rings. The van der Waals surface area contributed by atoms with Gasteiger partial charge in [0.25, 0.3) is 5.78 Å². The minimum absolute atomic E-state index is 0.293. The lowest BCUT2D eigenvalue weighted by Gasteiger charge is -2.19. The maximum atomic E-state index is 13.1. The minimum Gasteiger partial charge on any atom is -0.462 e. The molecule has 0 amide bonds. The van der Waals surface area contributed by atoms with Crippen molar-refractivity contribution in [1.29, 1.82) is 0 Å². The SMILES string of the molecule is CCOC(=O)c1c(C)c(C(C)=O)n(C)c1C(C(=O)OC(=O)C(F)(F)F)C(=O)C(F)(F)F. The molecule has 0 saturated carbocycles. The van der Waals surface area contributed by atoms with Gasteiger partial charge in [0, 0.05) is 14.0 Å². The first-order valence-electron chi connectivity index (χ1n) is 8.27. The Hall–Kier alpha value is -3.19. The van der Waals surface area contributed by atoms with E-state index < -0.39 is 64.7 Å². The van der Waals surface area contributed by atoms with E-state index in [1.165, 1.54) is 6.92 Å². The molecular weight excluding hydrogens is 444 g/mol. The Morgan fingerprint density at radius 3 is 1.90 bits per heavy atom. The summed E-state index contributed by atoms with van der Waals surface area (Å²) < 4.78 is 85.3. The van der Waals surface area contributed by atoms with Crippen molar-refractivity contribution >= 4 is 29.5 Å². The van der Waals surface area contributed by atoms with Crippen molar-refractivity contribution < 1.29 is 59.8 Å². The second kappa shape index (κ2) is 8.89. The van der Waals surface area contributed by atoms with Crippen LogP contribution in [0.1, 0.15) is 51.9 Å². The van der Waals surface area contributed by atoms with Crippen LogP contribution in [0.5, 0.6) is 0 Å². The number of hydrogen-bond donors (Lipinski definition) is 0. The van der Waals surface area contributed by atoms with E-state index in [-0.39, 0.29) is 12.2 Å². The first-order chi connectivity index (χ1) is 14.0. The fourth-order valence-electron chi connectivity index (χ4n) is 2.86. The zero-order valence-electron chi connectivity index (χ0n) is 16.4. The number of aromatic nitrogens is 1. The molecule has 1 aromatic rings. The van der Waals surface area contributed by atoms with Crippen LogP contribution >= 0.6 is 0 Å². The number of halogens is 6. The van der Waals surface area contributed by atoms with Crippen molar-refractivity contribution in [3.63, 3.8) is 0 Å². The second-order valence-electron chi connectivity index (χ2n) is 6.07. The van der Waals surface area contributed by atoms with Crippen molar-refractivity contribution in [3.05, 3.63) is 22.5 Å². The van der Waals surface area contributed by atoms with Crippen LogP contribution in [0.2, 0.25) is 0 Å². The second-order valence-corrected chi connectivity index (χ2v) is 6.07. The predicted octanol–water partition coefficient (Wildman–Crippen LogP) is 2.56. The monoisotopic (exact) mass is 459 g/mol. The normalized spacial score (nSPS) is 12.8. The topological polar surface area (TPSA) is 109 Å². The Balaban J connectivity index is 3.87. The van der Waals surface area contributed by atoms with E-state index in [0.717, 1.165) is 20.9 Å². The van der Waals surface area contributed by atoms with Crippen molar-refractivity contribution in [2.24, 2.45) is 7.05 Å². The molecule has 8 nitrogen and oxygen atoms in total. The molecule has 0 bridgehead atoms. The smallest absolute Gasteiger partial charge is 0.462 e. The molecule has 0 aliphatic heterocycles. The van der Waals surface area contributed by atoms with Crippen molar-refractivity contribution in [3.8, 4) is 0 Å². The van der Waals surface area contributed by atoms with Gasteiger partial charge in [0.1, 0.15) is 0 Å². The van der Waals surface area contributed by atoms with E-state index in [0.29, 0.717) is 4.57 Å². The average molecular weight is 459 g/mol. The van der Waals surface area contributed by atoms with Gasteiger partial charge in [0.2, 0.25) is 0 Å². The highest BCUT2D eigenvalue weighted by Crippen LogP contribution is 2.35. The lowest BCUT2D eigenvalue weighted by Crippen LogP contribution is -2.39. The molecule has 14 heteroatoms. The summed E-state index contributed by atoms with van der Waals surface area (Å²) in [4.78, 5) is 59.3. The largest absolute Gasteiger partial charge is 0.491 e. The van der Waals surface area contributed by atoms with E-state index in [4.69, 9.17) is 0 Å². The van der Waals surface area contributed by atoms with Crippen LogP contribution in [-0.4, -0.2) is 53.0 Å². The Morgan fingerprint density at radius 1 is 1.00 bits per heavy atom. The van der Waals surface area contributed by atoms with Gasteiger partial charge in [-0.25, -0.2) is 9.59 Å². The van der Waals surface area contributed by atoms with Gasteiger partial charge in [-0.1, -0.05) is 0 Å². The Labute approximate surface area is 170 Å². The van der Waals surface area contributed by atoms with Gasteiger partial charge >= 0.3 is 30.3 Å². The first-order valence-corrected chi connectivity index (χ1v) is 8.27. The highest BCUT2D eigenvalue weighted by atomic mass is 19.4. The molecule has 1 atom stereocenters. The molecule has 0 N–H and O–H groups in total. The molecule has 1 unspecified atom stereocenters. The van der Waals surface area contributed by atoms with Gasteiger partial charge < -0.3 is 14.0 Å². The summed E-state index contributed by atoms with van der Waals surface area (Å²) in [6, 6.07) is 0. The first kappa shape index (κ1) is 25.8. The van der Waals surface area contributed by atoms with E-state index in [2.05, 4.69) is 9.47 Å². The molecule has 0 saturated heterocycles. The maximum Gasteiger partial charge on any atom is 0.491 e. The van der Waals surface area contributed by atoms with Crippen LogP contribution in [-0.2, 0) is 30.9 Å². The Bertz CT molecular complexity index is 942. The number of ether oxygens (including phenoxy) is 2. The fourth-order valence-corrected chi connectivity index (χ4v) is 2.86. The molecule has 31 heavy (non-hydrogen) atoms. The van der Waals surface area contributed by atoms with Crippen LogP contribution in [0.15, 0.2) is 0 Å². The summed E-state index contributed by atoms with van der Waals surface area (Å²) in [6.07, 6.45) is -11.6. The van der Waals surface area contributed by atoms with Crippen LogP contribution in [0.25, 0.3) is 0 Å². The number of alkyl halides is 6. The lowest BCUT2D eigenvalue weighted by atomic mass is 9.94. The summed E-state index contributed by atoms with van der Waals surface area (Å²) in [7, 11) is 0.900. The zero-order chi connectivity index (χ0) is 24.5. The number of carbonyl (C=O) groups excluding carboxylic acids is 5. The lowest BCUT2D eigenvalue weighted by molar-refractivity contribution is -0.203. The van der Waals surface area contributed by atoms with Crippen molar-refractivity contribution in [1.82, 2.24) is 4.57 Å². The van der Waals surface area contributed by atoms with Crippen LogP contribution in [0.3, 0.4) is 0 Å². The number of rotatable bonds is 6. The number of nitrogens with zero attached hydrogens (tertiary/aromatic N) is 1. The molecule has 0 aromatic carbocycles. The third-order valence-corrected chi connectivity index (χ3v) is 3.97. The predicted molar refractivity (Wildman–Crippen MR) is 87.1 cm³/mol. The average Bonchev–Trinajstić information content (AvgIpc) is 2.84. The summed E-state index contributed by atoms with van der Waals surface area (Å²) >= 11 is 0. The number of esters is 3. The highest BCUT2D eigenvalue weighted by molar-refractivity contribution is 6.12. The van der Waals surface area contributed by atoms with E-state index >= 15 is 0 Å². The van der Waals surface area contributed by atoms with Crippen LogP contribution in [0, 0.1) is 6.92 Å². The molecule has 1 heterocycles. The molecule has 0 radical (unpaired) electrons. The number of ketones is 2. The third-order valence-electron chi connectivity index (χ3n) is 3.97. The van der Waals surface area contributed by atoms with E-state index in [1.807, 2.05) is 0 Å². The van der Waals surface area contributed by atoms with Crippen molar-refractivity contribution in [2.45, 2.75) is 39.0 Å². The van der Waals surface area contributed by atoms with E-state index in [9.17, 15) is 50.3 Å². The maximum absolute atomic E-state index is 13.1. The fraction of sp³-hybridized carbons (Fsp3) is 0.471. The molecule has 172 valence electrons. The zero-order valence-corrected chi connectivity index (χ0v) is 16.4. The molecule has 1 aromatic heterocycles. The molecule has 0 aliphatic carbocycles. The Morgan fingerprint density at radius 2 is 1.52 bits per heavy atom. The number of carbonyl (C=O) groups is 5. The van der Waals surface area contributed by atoms with E-state index in [1.54, 1.807) is 0 Å². The minimum atomic E-state index is -5.79. The molecule has 1 rings (SSSR count). The van der Waals surface area contributed by atoms with Gasteiger partial charge in [0.15, 0.2) is 11.7 Å². The quantitative estimate of drug-likeness (QED) is 0.278. The van der Waals surface area contributed by atoms with Gasteiger partial charge in [0.05, 0.1) is 23.6 Å². The third kappa shape index (κ3) is 5.30. The number of hydrogen-bond acceptors (Lipinski definition) is 7. The van der Waals surface area contributed by atoms with Gasteiger partial charge in [-0.05, 0) is 19.4 Å². The van der Waals surface area contributed by atoms with Gasteiger partial charge in [-0.2, -0.15) is 26.3 Å². The van der Waals surface area contributed by atoms with Crippen LogP contribution < -0.4 is 0 Å². The summed E-state index contributed by atoms with van der Waals surface area (Å²) in [5.74, 6) is -14.0. The van der Waals surface area contributed by atoms with Crippen molar-refractivity contribution in [2.75, 3.05) is 6.61 Å². The number of Topliss-reactive ketones (excluding diaryl/α,β-unsaturated/α-hetero) is 2. The standard InChI is InChI=1S/C17H15F6NO7/c1-5-30-13(27)8-6(2)10(7(3)25)24(4)11(8)9(12(26)16(18,19)20)14(28)31-15(29)17(21,22)23/h9H,5H2,1-4H3.